The summed E-state index contributed by atoms with van der Waals surface area (Å²) in [4.78, 5) is 8.34. The van der Waals surface area contributed by atoms with Gasteiger partial charge in [0.15, 0.2) is 0 Å². The smallest absolute Gasteiger partial charge is 0.254 e. The van der Waals surface area contributed by atoms with Gasteiger partial charge in [0.1, 0.15) is 12.1 Å². The summed E-state index contributed by atoms with van der Waals surface area (Å²) in [6.07, 6.45) is 1.46. The summed E-state index contributed by atoms with van der Waals surface area (Å²) >= 11 is 0. The molecule has 1 aromatic carbocycles. The van der Waals surface area contributed by atoms with Gasteiger partial charge in [-0.2, -0.15) is 19.9 Å². The van der Waals surface area contributed by atoms with Crippen LogP contribution in [0.2, 0.25) is 0 Å². The Hall–Kier alpha value is -2.94. The standard InChI is InChI=1S/C13H10N6/c1-9-6-12(19-13(17-9)15-8-16-19)18-11-4-2-10(7-14)3-5-11/h2-6,8,18H,1H3. The Bertz CT molecular complexity index is 766. The highest BCUT2D eigenvalue weighted by Gasteiger charge is 2.05. The summed E-state index contributed by atoms with van der Waals surface area (Å²) in [5, 5.41) is 16.1. The van der Waals surface area contributed by atoms with Crippen LogP contribution < -0.4 is 5.32 Å². The van der Waals surface area contributed by atoms with Crippen molar-refractivity contribution in [2.75, 3.05) is 5.32 Å². The highest BCUT2D eigenvalue weighted by Crippen LogP contribution is 2.17. The van der Waals surface area contributed by atoms with Gasteiger partial charge < -0.3 is 5.32 Å². The molecule has 3 rings (SSSR count). The van der Waals surface area contributed by atoms with E-state index in [0.29, 0.717) is 11.3 Å². The van der Waals surface area contributed by atoms with Crippen LogP contribution in [0, 0.1) is 18.3 Å². The highest BCUT2D eigenvalue weighted by atomic mass is 15.3. The minimum absolute atomic E-state index is 0.552. The van der Waals surface area contributed by atoms with E-state index in [4.69, 9.17) is 5.26 Å². The van der Waals surface area contributed by atoms with Gasteiger partial charge >= 0.3 is 0 Å². The van der Waals surface area contributed by atoms with Crippen LogP contribution in [-0.2, 0) is 0 Å². The molecule has 2 aromatic heterocycles. The fourth-order valence-corrected chi connectivity index (χ4v) is 1.80. The van der Waals surface area contributed by atoms with Crippen molar-refractivity contribution in [2.24, 2.45) is 0 Å². The molecule has 0 aliphatic rings. The summed E-state index contributed by atoms with van der Waals surface area (Å²) in [5.74, 6) is 1.33. The van der Waals surface area contributed by atoms with E-state index in [2.05, 4.69) is 26.5 Å². The maximum atomic E-state index is 8.77. The average molecular weight is 250 g/mol. The third-order valence-corrected chi connectivity index (χ3v) is 2.67. The highest BCUT2D eigenvalue weighted by molar-refractivity contribution is 5.59. The van der Waals surface area contributed by atoms with Gasteiger partial charge in [-0.05, 0) is 31.2 Å². The first-order chi connectivity index (χ1) is 9.26. The average Bonchev–Trinajstić information content (AvgIpc) is 2.88. The number of hydrogen-bond donors (Lipinski definition) is 1. The van der Waals surface area contributed by atoms with Gasteiger partial charge in [-0.25, -0.2) is 4.98 Å². The molecule has 0 saturated carbocycles. The molecule has 0 amide bonds. The van der Waals surface area contributed by atoms with Gasteiger partial charge in [0, 0.05) is 17.4 Å². The number of nitriles is 1. The molecule has 0 atom stereocenters. The Morgan fingerprint density at radius 1 is 1.26 bits per heavy atom. The van der Waals surface area contributed by atoms with E-state index in [-0.39, 0.29) is 0 Å². The molecule has 3 aromatic rings. The zero-order valence-corrected chi connectivity index (χ0v) is 10.2. The molecular weight excluding hydrogens is 240 g/mol. The normalized spacial score (nSPS) is 10.3. The van der Waals surface area contributed by atoms with E-state index < -0.39 is 0 Å². The maximum absolute atomic E-state index is 8.77. The third kappa shape index (κ3) is 2.09. The number of rotatable bonds is 2. The Morgan fingerprint density at radius 3 is 2.79 bits per heavy atom. The van der Waals surface area contributed by atoms with Crippen LogP contribution in [0.1, 0.15) is 11.3 Å². The number of nitrogens with one attached hydrogen (secondary N) is 1. The summed E-state index contributed by atoms with van der Waals surface area (Å²) in [6.45, 7) is 1.90. The minimum atomic E-state index is 0.552. The van der Waals surface area contributed by atoms with Crippen molar-refractivity contribution in [2.45, 2.75) is 6.92 Å². The monoisotopic (exact) mass is 250 g/mol. The van der Waals surface area contributed by atoms with Crippen molar-refractivity contribution in [1.29, 1.82) is 5.26 Å². The Morgan fingerprint density at radius 2 is 2.05 bits per heavy atom. The lowest BCUT2D eigenvalue weighted by Gasteiger charge is -2.08. The number of aromatic nitrogens is 4. The van der Waals surface area contributed by atoms with Crippen molar-refractivity contribution >= 4 is 17.3 Å². The first-order valence-corrected chi connectivity index (χ1v) is 5.71. The fraction of sp³-hybridized carbons (Fsp3) is 0.0769. The van der Waals surface area contributed by atoms with Crippen molar-refractivity contribution < 1.29 is 0 Å². The molecule has 0 radical (unpaired) electrons. The molecule has 92 valence electrons. The minimum Gasteiger partial charge on any atom is -0.340 e. The second kappa shape index (κ2) is 4.38. The van der Waals surface area contributed by atoms with E-state index in [0.717, 1.165) is 17.2 Å². The van der Waals surface area contributed by atoms with Gasteiger partial charge in [-0.1, -0.05) is 0 Å². The third-order valence-electron chi connectivity index (χ3n) is 2.67. The number of hydrogen-bond acceptors (Lipinski definition) is 5. The van der Waals surface area contributed by atoms with Crippen LogP contribution in [0.3, 0.4) is 0 Å². The first kappa shape index (κ1) is 11.2. The van der Waals surface area contributed by atoms with Crippen LogP contribution >= 0.6 is 0 Å². The molecule has 0 unspecified atom stereocenters. The number of anilines is 2. The van der Waals surface area contributed by atoms with Crippen LogP contribution in [-0.4, -0.2) is 19.6 Å². The van der Waals surface area contributed by atoms with Crippen molar-refractivity contribution in [1.82, 2.24) is 19.6 Å². The zero-order valence-electron chi connectivity index (χ0n) is 10.2. The SMILES string of the molecule is Cc1cc(Nc2ccc(C#N)cc2)n2ncnc2n1. The van der Waals surface area contributed by atoms with Gasteiger partial charge in [-0.3, -0.25) is 0 Å². The molecule has 6 heteroatoms. The van der Waals surface area contributed by atoms with Crippen LogP contribution in [0.4, 0.5) is 11.5 Å². The van der Waals surface area contributed by atoms with Gasteiger partial charge in [0.2, 0.25) is 0 Å². The predicted molar refractivity (Wildman–Crippen MR) is 70.0 cm³/mol. The maximum Gasteiger partial charge on any atom is 0.254 e. The lowest BCUT2D eigenvalue weighted by molar-refractivity contribution is 0.937. The van der Waals surface area contributed by atoms with Crippen LogP contribution in [0.15, 0.2) is 36.7 Å². The number of aryl methyl sites for hydroxylation is 1. The molecule has 0 bridgehead atoms. The summed E-state index contributed by atoms with van der Waals surface area (Å²) < 4.78 is 1.63. The second-order valence-corrected chi connectivity index (χ2v) is 4.07. The van der Waals surface area contributed by atoms with Gasteiger partial charge in [0.05, 0.1) is 11.6 Å². The molecule has 0 aliphatic heterocycles. The summed E-state index contributed by atoms with van der Waals surface area (Å²) in [7, 11) is 0. The molecule has 0 spiro atoms. The largest absolute Gasteiger partial charge is 0.340 e. The van der Waals surface area contributed by atoms with Gasteiger partial charge in [0.25, 0.3) is 5.78 Å². The topological polar surface area (TPSA) is 78.9 Å². The molecule has 19 heavy (non-hydrogen) atoms. The van der Waals surface area contributed by atoms with Crippen LogP contribution in [0.25, 0.3) is 5.78 Å². The molecule has 0 fully saturated rings. The quantitative estimate of drug-likeness (QED) is 0.753. The Kier molecular flexibility index (Phi) is 2.58. The molecule has 2 heterocycles. The van der Waals surface area contributed by atoms with E-state index >= 15 is 0 Å². The predicted octanol–water partition coefficient (Wildman–Crippen LogP) is 2.05. The number of benzene rings is 1. The molecular formula is C13H10N6. The van der Waals surface area contributed by atoms with E-state index in [1.165, 1.54) is 6.33 Å². The summed E-state index contributed by atoms with van der Waals surface area (Å²) in [5.41, 5.74) is 2.36. The zero-order chi connectivity index (χ0) is 13.2. The lowest BCUT2D eigenvalue weighted by Crippen LogP contribution is -2.02. The molecule has 0 saturated heterocycles. The fourth-order valence-electron chi connectivity index (χ4n) is 1.80. The van der Waals surface area contributed by atoms with Crippen molar-refractivity contribution in [3.8, 4) is 6.07 Å². The molecule has 0 aliphatic carbocycles. The van der Waals surface area contributed by atoms with Crippen molar-refractivity contribution in [3.63, 3.8) is 0 Å². The molecule has 6 nitrogen and oxygen atoms in total. The Labute approximate surface area is 109 Å². The lowest BCUT2D eigenvalue weighted by atomic mass is 10.2. The van der Waals surface area contributed by atoms with Crippen LogP contribution in [0.5, 0.6) is 0 Å². The Balaban J connectivity index is 2.00. The van der Waals surface area contributed by atoms with Gasteiger partial charge in [-0.15, -0.1) is 0 Å². The number of nitrogens with zero attached hydrogens (tertiary/aromatic N) is 5. The van der Waals surface area contributed by atoms with E-state index in [1.54, 1.807) is 16.6 Å². The second-order valence-electron chi connectivity index (χ2n) is 4.07. The first-order valence-electron chi connectivity index (χ1n) is 5.71. The summed E-state index contributed by atoms with van der Waals surface area (Å²) in [6, 6.07) is 11.2. The van der Waals surface area contributed by atoms with E-state index in [9.17, 15) is 0 Å². The number of fused-ring (bicyclic) bond motifs is 1. The molecule has 1 N–H and O–H groups in total. The van der Waals surface area contributed by atoms with E-state index in [1.807, 2.05) is 25.1 Å². The van der Waals surface area contributed by atoms with Crippen molar-refractivity contribution in [3.05, 3.63) is 47.9 Å².